The van der Waals surface area contributed by atoms with Crippen molar-refractivity contribution < 1.29 is 14.3 Å². The molecule has 0 saturated heterocycles. The molecular weight excluding hydrogens is 426 g/mol. The molecule has 3 aromatic rings. The fourth-order valence-corrected chi connectivity index (χ4v) is 5.13. The standard InChI is InChI=1S/C25H26ClN3O3/c1-25(24(31)27-18-5-3-4-6-18)15-28-21-14-20(32-2)12-7-16(21)13-22(28)23(30)29(25)19-10-8-17(26)9-11-19/h7-14,18H,3-6,15H2,1-2H3,(H,27,31). The van der Waals surface area contributed by atoms with E-state index < -0.39 is 5.54 Å². The van der Waals surface area contributed by atoms with E-state index in [1.54, 1.807) is 36.3 Å². The average Bonchev–Trinajstić information content (AvgIpc) is 3.42. The van der Waals surface area contributed by atoms with Crippen LogP contribution >= 0.6 is 11.6 Å². The van der Waals surface area contributed by atoms with Gasteiger partial charge in [0.15, 0.2) is 0 Å². The van der Waals surface area contributed by atoms with E-state index in [-0.39, 0.29) is 17.9 Å². The summed E-state index contributed by atoms with van der Waals surface area (Å²) in [6.45, 7) is 2.19. The van der Waals surface area contributed by atoms with Crippen LogP contribution in [-0.4, -0.2) is 35.1 Å². The van der Waals surface area contributed by atoms with Crippen LogP contribution in [0.2, 0.25) is 5.02 Å². The number of hydrogen-bond donors (Lipinski definition) is 1. The Hall–Kier alpha value is -2.99. The Bertz CT molecular complexity index is 1200. The second-order valence-corrected chi connectivity index (χ2v) is 9.32. The molecule has 7 heteroatoms. The first kappa shape index (κ1) is 20.9. The Morgan fingerprint density at radius 2 is 1.84 bits per heavy atom. The molecule has 1 N–H and O–H groups in total. The molecule has 2 aromatic carbocycles. The van der Waals surface area contributed by atoms with Gasteiger partial charge in [0.2, 0.25) is 5.91 Å². The van der Waals surface area contributed by atoms with Gasteiger partial charge >= 0.3 is 0 Å². The van der Waals surface area contributed by atoms with Crippen molar-refractivity contribution in [3.63, 3.8) is 0 Å². The number of fused-ring (bicyclic) bond motifs is 3. The molecule has 1 unspecified atom stereocenters. The van der Waals surface area contributed by atoms with Gasteiger partial charge in [-0.15, -0.1) is 0 Å². The fourth-order valence-electron chi connectivity index (χ4n) is 5.00. The number of halogens is 1. The van der Waals surface area contributed by atoms with Gasteiger partial charge in [-0.25, -0.2) is 0 Å². The van der Waals surface area contributed by atoms with Crippen LogP contribution in [0.25, 0.3) is 10.9 Å². The number of benzene rings is 2. The molecule has 32 heavy (non-hydrogen) atoms. The Kier molecular flexibility index (Phi) is 5.13. The van der Waals surface area contributed by atoms with Crippen molar-refractivity contribution in [2.24, 2.45) is 0 Å². The lowest BCUT2D eigenvalue weighted by atomic mass is 9.93. The van der Waals surface area contributed by atoms with Gasteiger partial charge in [0.05, 0.1) is 19.2 Å². The summed E-state index contributed by atoms with van der Waals surface area (Å²) in [4.78, 5) is 29.2. The fraction of sp³-hybridized carbons (Fsp3) is 0.360. The summed E-state index contributed by atoms with van der Waals surface area (Å²) >= 11 is 6.10. The molecule has 2 heterocycles. The second-order valence-electron chi connectivity index (χ2n) is 8.89. The van der Waals surface area contributed by atoms with Crippen molar-refractivity contribution >= 4 is 40.0 Å². The molecule has 0 radical (unpaired) electrons. The van der Waals surface area contributed by atoms with Crippen molar-refractivity contribution in [2.75, 3.05) is 12.0 Å². The van der Waals surface area contributed by atoms with E-state index in [4.69, 9.17) is 16.3 Å². The molecule has 1 atom stereocenters. The number of amides is 2. The zero-order valence-corrected chi connectivity index (χ0v) is 19.0. The minimum atomic E-state index is -1.10. The SMILES string of the molecule is COc1ccc2cc3n(c2c1)CC(C)(C(=O)NC1CCCC1)N(c1ccc(Cl)cc1)C3=O. The van der Waals surface area contributed by atoms with Crippen LogP contribution in [0.5, 0.6) is 5.75 Å². The summed E-state index contributed by atoms with van der Waals surface area (Å²) in [6.07, 6.45) is 4.19. The molecule has 0 spiro atoms. The van der Waals surface area contributed by atoms with Crippen molar-refractivity contribution in [1.82, 2.24) is 9.88 Å². The van der Waals surface area contributed by atoms with Crippen molar-refractivity contribution in [3.8, 4) is 5.75 Å². The molecule has 6 nitrogen and oxygen atoms in total. The third kappa shape index (κ3) is 3.34. The Balaban J connectivity index is 1.64. The van der Waals surface area contributed by atoms with Crippen LogP contribution in [0.15, 0.2) is 48.5 Å². The van der Waals surface area contributed by atoms with Crippen molar-refractivity contribution in [2.45, 2.75) is 50.7 Å². The molecule has 1 aromatic heterocycles. The Labute approximate surface area is 192 Å². The van der Waals surface area contributed by atoms with Gasteiger partial charge in [-0.05, 0) is 62.2 Å². The molecule has 166 valence electrons. The van der Waals surface area contributed by atoms with E-state index in [1.807, 2.05) is 35.8 Å². The topological polar surface area (TPSA) is 63.6 Å². The normalized spacial score (nSPS) is 21.1. The number of aromatic nitrogens is 1. The van der Waals surface area contributed by atoms with Gasteiger partial charge in [0.25, 0.3) is 5.91 Å². The van der Waals surface area contributed by atoms with E-state index in [9.17, 15) is 9.59 Å². The van der Waals surface area contributed by atoms with Crippen LogP contribution in [0, 0.1) is 0 Å². The van der Waals surface area contributed by atoms with E-state index in [2.05, 4.69) is 5.32 Å². The number of carbonyl (C=O) groups is 2. The summed E-state index contributed by atoms with van der Waals surface area (Å²) < 4.78 is 7.34. The van der Waals surface area contributed by atoms with Crippen molar-refractivity contribution in [1.29, 1.82) is 0 Å². The molecular formula is C25H26ClN3O3. The number of ether oxygens (including phenoxy) is 1. The zero-order chi connectivity index (χ0) is 22.5. The Morgan fingerprint density at radius 1 is 1.12 bits per heavy atom. The smallest absolute Gasteiger partial charge is 0.275 e. The molecule has 1 aliphatic carbocycles. The number of nitrogens with zero attached hydrogens (tertiary/aromatic N) is 2. The quantitative estimate of drug-likeness (QED) is 0.620. The maximum atomic E-state index is 13.8. The first-order valence-electron chi connectivity index (χ1n) is 11.0. The van der Waals surface area contributed by atoms with Gasteiger partial charge in [-0.2, -0.15) is 0 Å². The lowest BCUT2D eigenvalue weighted by molar-refractivity contribution is -0.127. The summed E-state index contributed by atoms with van der Waals surface area (Å²) in [5, 5.41) is 4.73. The molecule has 1 aliphatic heterocycles. The molecule has 1 fully saturated rings. The number of methoxy groups -OCH3 is 1. The van der Waals surface area contributed by atoms with Crippen LogP contribution < -0.4 is 15.0 Å². The first-order valence-corrected chi connectivity index (χ1v) is 11.4. The maximum Gasteiger partial charge on any atom is 0.275 e. The zero-order valence-electron chi connectivity index (χ0n) is 18.2. The highest BCUT2D eigenvalue weighted by molar-refractivity contribution is 6.30. The summed E-state index contributed by atoms with van der Waals surface area (Å²) in [5.74, 6) is 0.365. The summed E-state index contributed by atoms with van der Waals surface area (Å²) in [5.41, 5.74) is 0.977. The third-order valence-electron chi connectivity index (χ3n) is 6.76. The maximum absolute atomic E-state index is 13.8. The minimum Gasteiger partial charge on any atom is -0.497 e. The molecule has 1 saturated carbocycles. The molecule has 2 amide bonds. The predicted molar refractivity (Wildman–Crippen MR) is 126 cm³/mol. The average molecular weight is 452 g/mol. The van der Waals surface area contributed by atoms with Gasteiger partial charge in [0, 0.05) is 28.2 Å². The highest BCUT2D eigenvalue weighted by Gasteiger charge is 2.49. The highest BCUT2D eigenvalue weighted by Crippen LogP contribution is 2.37. The molecule has 5 rings (SSSR count). The van der Waals surface area contributed by atoms with Gasteiger partial charge < -0.3 is 14.6 Å². The van der Waals surface area contributed by atoms with Crippen LogP contribution in [0.4, 0.5) is 5.69 Å². The van der Waals surface area contributed by atoms with Crippen LogP contribution in [-0.2, 0) is 11.3 Å². The number of nitrogens with one attached hydrogen (secondary N) is 1. The van der Waals surface area contributed by atoms with Crippen molar-refractivity contribution in [3.05, 3.63) is 59.2 Å². The van der Waals surface area contributed by atoms with E-state index in [1.165, 1.54) is 0 Å². The number of anilines is 1. The molecule has 0 bridgehead atoms. The highest BCUT2D eigenvalue weighted by atomic mass is 35.5. The van der Waals surface area contributed by atoms with E-state index in [0.717, 1.165) is 36.6 Å². The van der Waals surface area contributed by atoms with E-state index >= 15 is 0 Å². The number of carbonyl (C=O) groups excluding carboxylic acids is 2. The molecule has 2 aliphatic rings. The largest absolute Gasteiger partial charge is 0.497 e. The first-order chi connectivity index (χ1) is 15.4. The van der Waals surface area contributed by atoms with Gasteiger partial charge in [0.1, 0.15) is 17.0 Å². The number of rotatable bonds is 4. The predicted octanol–water partition coefficient (Wildman–Crippen LogP) is 4.78. The lowest BCUT2D eigenvalue weighted by Crippen LogP contribution is -2.65. The van der Waals surface area contributed by atoms with Crippen LogP contribution in [0.3, 0.4) is 0 Å². The lowest BCUT2D eigenvalue weighted by Gasteiger charge is -2.44. The Morgan fingerprint density at radius 3 is 2.53 bits per heavy atom. The monoisotopic (exact) mass is 451 g/mol. The number of hydrogen-bond acceptors (Lipinski definition) is 3. The third-order valence-corrected chi connectivity index (χ3v) is 7.01. The van der Waals surface area contributed by atoms with Gasteiger partial charge in [-0.1, -0.05) is 24.4 Å². The second kappa shape index (κ2) is 7.85. The minimum absolute atomic E-state index is 0.136. The summed E-state index contributed by atoms with van der Waals surface area (Å²) in [6, 6.07) is 14.9. The van der Waals surface area contributed by atoms with E-state index in [0.29, 0.717) is 28.7 Å². The van der Waals surface area contributed by atoms with Crippen LogP contribution in [0.1, 0.15) is 43.1 Å². The summed E-state index contributed by atoms with van der Waals surface area (Å²) in [7, 11) is 1.62. The van der Waals surface area contributed by atoms with Gasteiger partial charge in [-0.3, -0.25) is 14.5 Å².